The average molecular weight is 445 g/mol. The molecule has 8 heteroatoms. The minimum Gasteiger partial charge on any atom is -0.507 e. The number of halogens is 2. The molecular weight excluding hydrogens is 423 g/mol. The Labute approximate surface area is 184 Å². The van der Waals surface area contributed by atoms with E-state index in [-0.39, 0.29) is 16.9 Å². The van der Waals surface area contributed by atoms with Crippen LogP contribution < -0.4 is 0 Å². The lowest BCUT2D eigenvalue weighted by Crippen LogP contribution is -2.42. The standard InChI is InChI=1S/C23H22ClFN2O4/c24-17-5-1-15(2-6-17)20-19(21(28)16-3-7-18(25)8-4-16)22(29)23(30)27(20)10-9-26-11-13-31-14-12-26/h1-8,20,28H,9-14H2/t20-/m0/s1. The summed E-state index contributed by atoms with van der Waals surface area (Å²) >= 11 is 6.02. The number of aliphatic hydroxyl groups is 1. The summed E-state index contributed by atoms with van der Waals surface area (Å²) in [4.78, 5) is 29.5. The van der Waals surface area contributed by atoms with Crippen LogP contribution in [-0.4, -0.2) is 66.0 Å². The molecule has 2 saturated heterocycles. The van der Waals surface area contributed by atoms with Gasteiger partial charge in [0.2, 0.25) is 0 Å². The van der Waals surface area contributed by atoms with Crippen molar-refractivity contribution in [3.05, 3.63) is 76.1 Å². The number of nitrogens with zero attached hydrogens (tertiary/aromatic N) is 2. The molecule has 4 rings (SSSR count). The van der Waals surface area contributed by atoms with Crippen molar-refractivity contribution < 1.29 is 23.8 Å². The molecule has 6 nitrogen and oxygen atoms in total. The summed E-state index contributed by atoms with van der Waals surface area (Å²) in [5.74, 6) is -2.22. The highest BCUT2D eigenvalue weighted by Crippen LogP contribution is 2.39. The molecule has 2 heterocycles. The Morgan fingerprint density at radius 3 is 2.32 bits per heavy atom. The van der Waals surface area contributed by atoms with Crippen molar-refractivity contribution in [2.75, 3.05) is 39.4 Å². The molecule has 0 aromatic heterocycles. The van der Waals surface area contributed by atoms with Crippen LogP contribution >= 0.6 is 11.6 Å². The molecule has 0 saturated carbocycles. The van der Waals surface area contributed by atoms with E-state index in [1.54, 1.807) is 24.3 Å². The summed E-state index contributed by atoms with van der Waals surface area (Å²) < 4.78 is 18.7. The van der Waals surface area contributed by atoms with E-state index in [0.29, 0.717) is 36.9 Å². The van der Waals surface area contributed by atoms with E-state index in [9.17, 15) is 19.1 Å². The van der Waals surface area contributed by atoms with Crippen LogP contribution in [0.5, 0.6) is 0 Å². The molecule has 2 aliphatic rings. The number of morpholine rings is 1. The van der Waals surface area contributed by atoms with E-state index < -0.39 is 23.5 Å². The minimum absolute atomic E-state index is 0.0130. The monoisotopic (exact) mass is 444 g/mol. The quantitative estimate of drug-likeness (QED) is 0.435. The predicted octanol–water partition coefficient (Wildman–Crippen LogP) is 3.23. The second-order valence-electron chi connectivity index (χ2n) is 7.50. The lowest BCUT2D eigenvalue weighted by atomic mass is 9.95. The number of likely N-dealkylation sites (tertiary alicyclic amines) is 1. The fourth-order valence-corrected chi connectivity index (χ4v) is 4.07. The van der Waals surface area contributed by atoms with Crippen LogP contribution in [0.3, 0.4) is 0 Å². The van der Waals surface area contributed by atoms with Crippen molar-refractivity contribution in [3.8, 4) is 0 Å². The maximum Gasteiger partial charge on any atom is 0.295 e. The average Bonchev–Trinajstić information content (AvgIpc) is 3.04. The van der Waals surface area contributed by atoms with Crippen LogP contribution in [0.4, 0.5) is 4.39 Å². The van der Waals surface area contributed by atoms with Gasteiger partial charge in [-0.15, -0.1) is 0 Å². The highest BCUT2D eigenvalue weighted by atomic mass is 35.5. The van der Waals surface area contributed by atoms with Crippen molar-refractivity contribution >= 4 is 29.1 Å². The lowest BCUT2D eigenvalue weighted by Gasteiger charge is -2.31. The van der Waals surface area contributed by atoms with E-state index in [2.05, 4.69) is 4.90 Å². The number of Topliss-reactive ketones (excluding diaryl/α,β-unsaturated/α-hetero) is 1. The number of hydrogen-bond donors (Lipinski definition) is 1. The molecule has 0 bridgehead atoms. The normalized spacial score (nSPS) is 21.6. The first-order chi connectivity index (χ1) is 15.0. The van der Waals surface area contributed by atoms with Crippen LogP contribution in [0.15, 0.2) is 54.1 Å². The summed E-state index contributed by atoms with van der Waals surface area (Å²) in [6, 6.07) is 11.2. The van der Waals surface area contributed by atoms with Gasteiger partial charge in [0.05, 0.1) is 24.8 Å². The second-order valence-corrected chi connectivity index (χ2v) is 7.94. The molecule has 2 fully saturated rings. The van der Waals surface area contributed by atoms with Crippen molar-refractivity contribution in [2.45, 2.75) is 6.04 Å². The number of amides is 1. The summed E-state index contributed by atoms with van der Waals surface area (Å²) in [5.41, 5.74) is 0.918. The van der Waals surface area contributed by atoms with E-state index in [0.717, 1.165) is 13.1 Å². The van der Waals surface area contributed by atoms with E-state index in [1.807, 2.05) is 0 Å². The molecule has 0 radical (unpaired) electrons. The van der Waals surface area contributed by atoms with Crippen LogP contribution in [0.2, 0.25) is 5.02 Å². The number of ketones is 1. The first-order valence-electron chi connectivity index (χ1n) is 10.1. The van der Waals surface area contributed by atoms with Gasteiger partial charge in [-0.05, 0) is 42.0 Å². The molecule has 31 heavy (non-hydrogen) atoms. The molecule has 162 valence electrons. The highest BCUT2D eigenvalue weighted by molar-refractivity contribution is 6.46. The molecular formula is C23H22ClFN2O4. The number of carbonyl (C=O) groups excluding carboxylic acids is 2. The van der Waals surface area contributed by atoms with E-state index in [4.69, 9.17) is 16.3 Å². The highest BCUT2D eigenvalue weighted by Gasteiger charge is 2.46. The third kappa shape index (κ3) is 4.49. The molecule has 0 unspecified atom stereocenters. The molecule has 1 N–H and O–H groups in total. The fourth-order valence-electron chi connectivity index (χ4n) is 3.94. The molecule has 2 aliphatic heterocycles. The smallest absolute Gasteiger partial charge is 0.295 e. The Morgan fingerprint density at radius 2 is 1.68 bits per heavy atom. The molecule has 1 atom stereocenters. The van der Waals surface area contributed by atoms with Crippen molar-refractivity contribution in [3.63, 3.8) is 0 Å². The van der Waals surface area contributed by atoms with Gasteiger partial charge in [0.1, 0.15) is 11.6 Å². The zero-order chi connectivity index (χ0) is 22.0. The molecule has 2 aromatic rings. The Balaban J connectivity index is 1.72. The minimum atomic E-state index is -0.761. The van der Waals surface area contributed by atoms with Gasteiger partial charge in [-0.2, -0.15) is 0 Å². The van der Waals surface area contributed by atoms with Gasteiger partial charge in [-0.1, -0.05) is 23.7 Å². The topological polar surface area (TPSA) is 70.1 Å². The van der Waals surface area contributed by atoms with Gasteiger partial charge < -0.3 is 14.7 Å². The summed E-state index contributed by atoms with van der Waals surface area (Å²) in [6.45, 7) is 3.67. The van der Waals surface area contributed by atoms with Gasteiger partial charge >= 0.3 is 0 Å². The van der Waals surface area contributed by atoms with Gasteiger partial charge in [-0.25, -0.2) is 4.39 Å². The maximum atomic E-state index is 13.3. The Kier molecular flexibility index (Phi) is 6.36. The summed E-state index contributed by atoms with van der Waals surface area (Å²) in [5, 5.41) is 11.4. The van der Waals surface area contributed by atoms with Crippen molar-refractivity contribution in [2.24, 2.45) is 0 Å². The number of rotatable bonds is 5. The first kappa shape index (κ1) is 21.5. The summed E-state index contributed by atoms with van der Waals surface area (Å²) in [7, 11) is 0. The molecule has 0 spiro atoms. The number of benzene rings is 2. The van der Waals surface area contributed by atoms with Crippen molar-refractivity contribution in [1.82, 2.24) is 9.80 Å². The molecule has 1 amide bonds. The number of carbonyl (C=O) groups is 2. The first-order valence-corrected chi connectivity index (χ1v) is 10.4. The Hall–Kier alpha value is -2.74. The third-order valence-corrected chi connectivity index (χ3v) is 5.86. The summed E-state index contributed by atoms with van der Waals surface area (Å²) in [6.07, 6.45) is 0. The number of hydrogen-bond acceptors (Lipinski definition) is 5. The van der Waals surface area contributed by atoms with E-state index >= 15 is 0 Å². The third-order valence-electron chi connectivity index (χ3n) is 5.60. The predicted molar refractivity (Wildman–Crippen MR) is 114 cm³/mol. The Morgan fingerprint density at radius 1 is 1.03 bits per heavy atom. The number of ether oxygens (including phenoxy) is 1. The lowest BCUT2D eigenvalue weighted by molar-refractivity contribution is -0.140. The van der Waals surface area contributed by atoms with Crippen LogP contribution in [0, 0.1) is 5.82 Å². The zero-order valence-electron chi connectivity index (χ0n) is 16.8. The molecule has 2 aromatic carbocycles. The molecule has 0 aliphatic carbocycles. The van der Waals surface area contributed by atoms with Gasteiger partial charge in [0.15, 0.2) is 0 Å². The van der Waals surface area contributed by atoms with Crippen LogP contribution in [0.1, 0.15) is 17.2 Å². The van der Waals surface area contributed by atoms with E-state index in [1.165, 1.54) is 29.2 Å². The fraction of sp³-hybridized carbons (Fsp3) is 0.304. The van der Waals surface area contributed by atoms with Crippen LogP contribution in [-0.2, 0) is 14.3 Å². The van der Waals surface area contributed by atoms with Crippen LogP contribution in [0.25, 0.3) is 5.76 Å². The largest absolute Gasteiger partial charge is 0.507 e. The van der Waals surface area contributed by atoms with Gasteiger partial charge in [-0.3, -0.25) is 14.5 Å². The second kappa shape index (κ2) is 9.18. The Bertz CT molecular complexity index is 1000. The maximum absolute atomic E-state index is 13.3. The van der Waals surface area contributed by atoms with Crippen molar-refractivity contribution in [1.29, 1.82) is 0 Å². The number of aliphatic hydroxyl groups excluding tert-OH is 1. The van der Waals surface area contributed by atoms with Gasteiger partial charge in [0.25, 0.3) is 11.7 Å². The zero-order valence-corrected chi connectivity index (χ0v) is 17.5. The SMILES string of the molecule is O=C1C(=O)N(CCN2CCOCC2)[C@@H](c2ccc(Cl)cc2)C1=C(O)c1ccc(F)cc1. The van der Waals surface area contributed by atoms with Gasteiger partial charge in [0, 0.05) is 36.8 Å².